The Kier molecular flexibility index (Phi) is 3.11. The quantitative estimate of drug-likeness (QED) is 0.717. The second-order valence-corrected chi connectivity index (χ2v) is 2.84. The molecular formula is C10H15NO. The van der Waals surface area contributed by atoms with Crippen LogP contribution in [0.25, 0.3) is 0 Å². The van der Waals surface area contributed by atoms with Gasteiger partial charge in [-0.05, 0) is 31.0 Å². The molecule has 1 aromatic rings. The minimum absolute atomic E-state index is 0.110. The number of rotatable bonds is 3. The minimum atomic E-state index is 0.110. The Hall–Kier alpha value is -1.02. The third-order valence-electron chi connectivity index (χ3n) is 1.85. The average Bonchev–Trinajstić information content (AvgIpc) is 2.09. The lowest BCUT2D eigenvalue weighted by Crippen LogP contribution is -1.99. The largest absolute Gasteiger partial charge is 0.392 e. The summed E-state index contributed by atoms with van der Waals surface area (Å²) < 4.78 is 0. The Labute approximate surface area is 73.2 Å². The van der Waals surface area contributed by atoms with Crippen molar-refractivity contribution in [1.82, 2.24) is 0 Å². The van der Waals surface area contributed by atoms with Crippen LogP contribution in [0.4, 0.5) is 5.69 Å². The Morgan fingerprint density at radius 1 is 1.42 bits per heavy atom. The lowest BCUT2D eigenvalue weighted by Gasteiger charge is -2.08. The molecule has 2 N–H and O–H groups in total. The maximum Gasteiger partial charge on any atom is 0.0682 e. The third-order valence-corrected chi connectivity index (χ3v) is 1.85. The van der Waals surface area contributed by atoms with Crippen molar-refractivity contribution in [2.75, 3.05) is 11.9 Å². The first-order valence-electron chi connectivity index (χ1n) is 4.22. The molecule has 0 atom stereocenters. The van der Waals surface area contributed by atoms with Crippen molar-refractivity contribution >= 4 is 5.69 Å². The van der Waals surface area contributed by atoms with E-state index < -0.39 is 0 Å². The molecule has 0 spiro atoms. The number of aliphatic hydroxyl groups excluding tert-OH is 1. The standard InChI is InChI=1S/C10H15NO/c1-3-11-10-6-9(7-12)5-4-8(10)2/h4-6,11-12H,3,7H2,1-2H3. The highest BCUT2D eigenvalue weighted by atomic mass is 16.3. The highest BCUT2D eigenvalue weighted by Crippen LogP contribution is 2.16. The van der Waals surface area contributed by atoms with Gasteiger partial charge >= 0.3 is 0 Å². The topological polar surface area (TPSA) is 32.3 Å². The highest BCUT2D eigenvalue weighted by Gasteiger charge is 1.97. The van der Waals surface area contributed by atoms with Crippen LogP contribution in [0.5, 0.6) is 0 Å². The Balaban J connectivity index is 2.91. The molecule has 1 aromatic carbocycles. The van der Waals surface area contributed by atoms with Crippen LogP contribution in [-0.4, -0.2) is 11.7 Å². The highest BCUT2D eigenvalue weighted by molar-refractivity contribution is 5.52. The number of nitrogens with one attached hydrogen (secondary N) is 1. The molecule has 0 saturated heterocycles. The van der Waals surface area contributed by atoms with E-state index in [1.807, 2.05) is 18.2 Å². The van der Waals surface area contributed by atoms with Gasteiger partial charge in [-0.15, -0.1) is 0 Å². The molecule has 0 unspecified atom stereocenters. The van der Waals surface area contributed by atoms with Gasteiger partial charge in [0.2, 0.25) is 0 Å². The predicted molar refractivity (Wildman–Crippen MR) is 51.3 cm³/mol. The van der Waals surface area contributed by atoms with Gasteiger partial charge in [0.25, 0.3) is 0 Å². The summed E-state index contributed by atoms with van der Waals surface area (Å²) in [7, 11) is 0. The lowest BCUT2D eigenvalue weighted by atomic mass is 10.1. The molecule has 0 saturated carbocycles. The normalized spacial score (nSPS) is 9.92. The van der Waals surface area contributed by atoms with Gasteiger partial charge in [-0.1, -0.05) is 12.1 Å². The summed E-state index contributed by atoms with van der Waals surface area (Å²) in [6, 6.07) is 5.94. The molecule has 0 fully saturated rings. The van der Waals surface area contributed by atoms with Crippen LogP contribution in [-0.2, 0) is 6.61 Å². The van der Waals surface area contributed by atoms with Gasteiger partial charge in [0.05, 0.1) is 6.61 Å². The van der Waals surface area contributed by atoms with Crippen molar-refractivity contribution in [3.05, 3.63) is 29.3 Å². The van der Waals surface area contributed by atoms with E-state index in [-0.39, 0.29) is 6.61 Å². The first kappa shape index (κ1) is 9.07. The van der Waals surface area contributed by atoms with Crippen molar-refractivity contribution < 1.29 is 5.11 Å². The number of hydrogen-bond acceptors (Lipinski definition) is 2. The summed E-state index contributed by atoms with van der Waals surface area (Å²) in [4.78, 5) is 0. The van der Waals surface area contributed by atoms with Crippen molar-refractivity contribution in [3.63, 3.8) is 0 Å². The summed E-state index contributed by atoms with van der Waals surface area (Å²) in [5.41, 5.74) is 3.29. The van der Waals surface area contributed by atoms with Crippen LogP contribution < -0.4 is 5.32 Å². The van der Waals surface area contributed by atoms with Crippen molar-refractivity contribution in [2.24, 2.45) is 0 Å². The molecule has 0 aliphatic heterocycles. The fourth-order valence-corrected chi connectivity index (χ4v) is 1.15. The Morgan fingerprint density at radius 2 is 2.17 bits per heavy atom. The van der Waals surface area contributed by atoms with Crippen LogP contribution in [0.1, 0.15) is 18.1 Å². The molecule has 0 aromatic heterocycles. The van der Waals surface area contributed by atoms with Gasteiger partial charge in [0.1, 0.15) is 0 Å². The number of anilines is 1. The fraction of sp³-hybridized carbons (Fsp3) is 0.400. The molecule has 2 heteroatoms. The molecule has 66 valence electrons. The van der Waals surface area contributed by atoms with Crippen molar-refractivity contribution in [3.8, 4) is 0 Å². The Bertz CT molecular complexity index is 258. The maximum absolute atomic E-state index is 8.89. The molecule has 0 aliphatic carbocycles. The molecule has 0 bridgehead atoms. The number of aliphatic hydroxyl groups is 1. The summed E-state index contributed by atoms with van der Waals surface area (Å²) in [5.74, 6) is 0. The summed E-state index contributed by atoms with van der Waals surface area (Å²) in [5, 5.41) is 12.1. The van der Waals surface area contributed by atoms with Crippen LogP contribution in [0, 0.1) is 6.92 Å². The zero-order valence-corrected chi connectivity index (χ0v) is 7.59. The third kappa shape index (κ3) is 1.98. The van der Waals surface area contributed by atoms with E-state index >= 15 is 0 Å². The molecule has 0 heterocycles. The van der Waals surface area contributed by atoms with E-state index in [1.165, 1.54) is 5.56 Å². The Morgan fingerprint density at radius 3 is 2.75 bits per heavy atom. The molecule has 12 heavy (non-hydrogen) atoms. The SMILES string of the molecule is CCNc1cc(CO)ccc1C. The van der Waals surface area contributed by atoms with Gasteiger partial charge in [0.15, 0.2) is 0 Å². The number of aryl methyl sites for hydroxylation is 1. The van der Waals surface area contributed by atoms with E-state index in [1.54, 1.807) is 0 Å². The molecule has 1 rings (SSSR count). The summed E-state index contributed by atoms with van der Waals surface area (Å²) >= 11 is 0. The molecule has 0 radical (unpaired) electrons. The van der Waals surface area contributed by atoms with Gasteiger partial charge < -0.3 is 10.4 Å². The monoisotopic (exact) mass is 165 g/mol. The maximum atomic E-state index is 8.89. The van der Waals surface area contributed by atoms with E-state index in [0.717, 1.165) is 17.8 Å². The predicted octanol–water partition coefficient (Wildman–Crippen LogP) is 1.92. The average molecular weight is 165 g/mol. The van der Waals surface area contributed by atoms with E-state index in [4.69, 9.17) is 5.11 Å². The van der Waals surface area contributed by atoms with Gasteiger partial charge in [-0.25, -0.2) is 0 Å². The molecule has 2 nitrogen and oxygen atoms in total. The number of hydrogen-bond donors (Lipinski definition) is 2. The van der Waals surface area contributed by atoms with E-state index in [9.17, 15) is 0 Å². The van der Waals surface area contributed by atoms with Crippen LogP contribution in [0.3, 0.4) is 0 Å². The molecular weight excluding hydrogens is 150 g/mol. The first-order chi connectivity index (χ1) is 5.77. The van der Waals surface area contributed by atoms with Crippen molar-refractivity contribution in [1.29, 1.82) is 0 Å². The summed E-state index contributed by atoms with van der Waals surface area (Å²) in [6.45, 7) is 5.14. The number of benzene rings is 1. The fourth-order valence-electron chi connectivity index (χ4n) is 1.15. The molecule has 0 aliphatic rings. The minimum Gasteiger partial charge on any atom is -0.392 e. The second kappa shape index (κ2) is 4.12. The van der Waals surface area contributed by atoms with E-state index in [2.05, 4.69) is 19.2 Å². The lowest BCUT2D eigenvalue weighted by molar-refractivity contribution is 0.282. The zero-order valence-electron chi connectivity index (χ0n) is 7.59. The second-order valence-electron chi connectivity index (χ2n) is 2.84. The van der Waals surface area contributed by atoms with E-state index in [0.29, 0.717) is 0 Å². The van der Waals surface area contributed by atoms with Gasteiger partial charge in [-0.2, -0.15) is 0 Å². The van der Waals surface area contributed by atoms with Crippen molar-refractivity contribution in [2.45, 2.75) is 20.5 Å². The van der Waals surface area contributed by atoms with Crippen LogP contribution in [0.2, 0.25) is 0 Å². The smallest absolute Gasteiger partial charge is 0.0682 e. The summed E-state index contributed by atoms with van der Waals surface area (Å²) in [6.07, 6.45) is 0. The first-order valence-corrected chi connectivity index (χ1v) is 4.22. The van der Waals surface area contributed by atoms with Crippen LogP contribution >= 0.6 is 0 Å². The van der Waals surface area contributed by atoms with Gasteiger partial charge in [0, 0.05) is 12.2 Å². The van der Waals surface area contributed by atoms with Gasteiger partial charge in [-0.3, -0.25) is 0 Å². The van der Waals surface area contributed by atoms with Crippen LogP contribution in [0.15, 0.2) is 18.2 Å². The zero-order chi connectivity index (χ0) is 8.97. The molecule has 0 amide bonds.